The van der Waals surface area contributed by atoms with Crippen LogP contribution in [0.25, 0.3) is 0 Å². The predicted octanol–water partition coefficient (Wildman–Crippen LogP) is 0.368. The molecule has 3 heterocycles. The van der Waals surface area contributed by atoms with Crippen molar-refractivity contribution < 1.29 is 14.7 Å². The van der Waals surface area contributed by atoms with Crippen molar-refractivity contribution in [1.82, 2.24) is 4.90 Å². The molecule has 2 atom stereocenters. The second kappa shape index (κ2) is 6.41. The number of amides is 2. The van der Waals surface area contributed by atoms with Gasteiger partial charge in [-0.25, -0.2) is 4.99 Å². The molecule has 2 amide bonds. The SMILES string of the molecule is CN1CCC(O)(C#Cc2cccc(C3=NC4C(=O)N=CN=C4C=C3)c2)C1=O. The highest BCUT2D eigenvalue weighted by molar-refractivity contribution is 6.26. The van der Waals surface area contributed by atoms with Gasteiger partial charge in [0.2, 0.25) is 5.60 Å². The van der Waals surface area contributed by atoms with Gasteiger partial charge in [0.05, 0.1) is 11.4 Å². The molecule has 0 aliphatic carbocycles. The maximum absolute atomic E-state index is 12.0. The van der Waals surface area contributed by atoms with Gasteiger partial charge in [0, 0.05) is 31.1 Å². The highest BCUT2D eigenvalue weighted by Gasteiger charge is 2.42. The molecule has 3 aliphatic rings. The van der Waals surface area contributed by atoms with Crippen LogP contribution in [-0.4, -0.2) is 64.8 Å². The number of nitrogens with zero attached hydrogens (tertiary/aromatic N) is 4. The van der Waals surface area contributed by atoms with Gasteiger partial charge >= 0.3 is 0 Å². The first-order chi connectivity index (χ1) is 13.0. The predicted molar refractivity (Wildman–Crippen MR) is 101 cm³/mol. The summed E-state index contributed by atoms with van der Waals surface area (Å²) >= 11 is 0. The Morgan fingerprint density at radius 3 is 2.93 bits per heavy atom. The van der Waals surface area contributed by atoms with Crippen molar-refractivity contribution in [1.29, 1.82) is 0 Å². The number of likely N-dealkylation sites (N-methyl/N-ethyl adjacent to an activating group) is 1. The van der Waals surface area contributed by atoms with Crippen LogP contribution in [0, 0.1) is 11.8 Å². The quantitative estimate of drug-likeness (QED) is 0.733. The van der Waals surface area contributed by atoms with Crippen molar-refractivity contribution in [3.8, 4) is 11.8 Å². The third-order valence-electron chi connectivity index (χ3n) is 4.67. The van der Waals surface area contributed by atoms with E-state index in [0.717, 1.165) is 5.56 Å². The number of aliphatic hydroxyl groups is 1. The fourth-order valence-electron chi connectivity index (χ4n) is 3.09. The molecule has 27 heavy (non-hydrogen) atoms. The van der Waals surface area contributed by atoms with Crippen LogP contribution >= 0.6 is 0 Å². The Balaban J connectivity index is 1.62. The summed E-state index contributed by atoms with van der Waals surface area (Å²) < 4.78 is 0. The van der Waals surface area contributed by atoms with Crippen molar-refractivity contribution in [2.24, 2.45) is 15.0 Å². The van der Waals surface area contributed by atoms with Crippen LogP contribution in [0.5, 0.6) is 0 Å². The molecule has 0 spiro atoms. The van der Waals surface area contributed by atoms with E-state index in [1.165, 1.54) is 11.2 Å². The van der Waals surface area contributed by atoms with Gasteiger partial charge in [-0.05, 0) is 24.3 Å². The van der Waals surface area contributed by atoms with E-state index >= 15 is 0 Å². The number of hydrogen-bond acceptors (Lipinski definition) is 5. The van der Waals surface area contributed by atoms with Gasteiger partial charge in [0.1, 0.15) is 6.34 Å². The topological polar surface area (TPSA) is 94.7 Å². The molecule has 0 aromatic heterocycles. The highest BCUT2D eigenvalue weighted by atomic mass is 16.3. The van der Waals surface area contributed by atoms with Gasteiger partial charge in [-0.1, -0.05) is 24.0 Å². The zero-order valence-corrected chi connectivity index (χ0v) is 14.6. The zero-order valence-electron chi connectivity index (χ0n) is 14.6. The van der Waals surface area contributed by atoms with Crippen LogP contribution in [0.1, 0.15) is 17.5 Å². The number of benzene rings is 1. The minimum Gasteiger partial charge on any atom is -0.369 e. The highest BCUT2D eigenvalue weighted by Crippen LogP contribution is 2.21. The molecule has 1 saturated heterocycles. The average molecular weight is 360 g/mol. The van der Waals surface area contributed by atoms with Crippen LogP contribution in [0.4, 0.5) is 0 Å². The second-order valence-corrected chi connectivity index (χ2v) is 6.55. The van der Waals surface area contributed by atoms with E-state index in [2.05, 4.69) is 26.8 Å². The Hall–Kier alpha value is -3.37. The Bertz CT molecular complexity index is 1030. The van der Waals surface area contributed by atoms with Crippen molar-refractivity contribution in [2.75, 3.05) is 13.6 Å². The molecule has 4 rings (SSSR count). The summed E-state index contributed by atoms with van der Waals surface area (Å²) in [5.74, 6) is 4.86. The number of hydrogen-bond donors (Lipinski definition) is 1. The zero-order chi connectivity index (χ0) is 19.0. The van der Waals surface area contributed by atoms with Gasteiger partial charge in [-0.15, -0.1) is 0 Å². The number of dihydropyridines is 1. The Morgan fingerprint density at radius 2 is 2.15 bits per heavy atom. The molecule has 1 aromatic carbocycles. The molecule has 1 aromatic rings. The maximum Gasteiger partial charge on any atom is 0.278 e. The number of likely N-dealkylation sites (tertiary alicyclic amines) is 1. The lowest BCUT2D eigenvalue weighted by molar-refractivity contribution is -0.137. The maximum atomic E-state index is 12.0. The Morgan fingerprint density at radius 1 is 1.30 bits per heavy atom. The number of rotatable bonds is 1. The van der Waals surface area contributed by atoms with Crippen LogP contribution in [0.3, 0.4) is 0 Å². The molecule has 3 aliphatic heterocycles. The van der Waals surface area contributed by atoms with E-state index < -0.39 is 11.6 Å². The lowest BCUT2D eigenvalue weighted by Gasteiger charge is -2.17. The Kier molecular flexibility index (Phi) is 4.05. The first-order valence-electron chi connectivity index (χ1n) is 8.48. The molecule has 0 saturated carbocycles. The van der Waals surface area contributed by atoms with Crippen molar-refractivity contribution in [3.05, 3.63) is 47.5 Å². The summed E-state index contributed by atoms with van der Waals surface area (Å²) in [6.45, 7) is 0.480. The summed E-state index contributed by atoms with van der Waals surface area (Å²) in [6, 6.07) is 6.56. The minimum absolute atomic E-state index is 0.289. The second-order valence-electron chi connectivity index (χ2n) is 6.55. The summed E-state index contributed by atoms with van der Waals surface area (Å²) in [4.78, 5) is 37.6. The van der Waals surface area contributed by atoms with Crippen LogP contribution in [0.2, 0.25) is 0 Å². The fourth-order valence-corrected chi connectivity index (χ4v) is 3.09. The fraction of sp³-hybridized carbons (Fsp3) is 0.250. The molecular formula is C20H16N4O3. The Labute approximate surface area is 155 Å². The summed E-state index contributed by atoms with van der Waals surface area (Å²) in [7, 11) is 1.64. The largest absolute Gasteiger partial charge is 0.369 e. The van der Waals surface area contributed by atoms with Crippen molar-refractivity contribution in [3.63, 3.8) is 0 Å². The van der Waals surface area contributed by atoms with Gasteiger partial charge < -0.3 is 10.0 Å². The minimum atomic E-state index is -1.63. The number of fused-ring (bicyclic) bond motifs is 1. The van der Waals surface area contributed by atoms with E-state index in [9.17, 15) is 14.7 Å². The van der Waals surface area contributed by atoms with E-state index in [4.69, 9.17) is 0 Å². The smallest absolute Gasteiger partial charge is 0.278 e. The summed E-state index contributed by atoms with van der Waals surface area (Å²) in [5.41, 5.74) is 0.989. The average Bonchev–Trinajstić information content (AvgIpc) is 2.95. The third-order valence-corrected chi connectivity index (χ3v) is 4.67. The van der Waals surface area contributed by atoms with Crippen LogP contribution in [0.15, 0.2) is 51.4 Å². The molecule has 134 valence electrons. The first kappa shape index (κ1) is 17.1. The molecular weight excluding hydrogens is 344 g/mol. The van der Waals surface area contributed by atoms with Gasteiger partial charge in [0.15, 0.2) is 6.04 Å². The number of allylic oxidation sites excluding steroid dienone is 1. The number of aliphatic imine (C=N–C) groups is 3. The van der Waals surface area contributed by atoms with Gasteiger partial charge in [-0.2, -0.15) is 4.99 Å². The molecule has 1 fully saturated rings. The van der Waals surface area contributed by atoms with E-state index in [0.29, 0.717) is 23.5 Å². The normalized spacial score (nSPS) is 26.3. The standard InChI is InChI=1S/C20H16N4O3/c1-24-10-9-20(27,19(24)26)8-7-13-3-2-4-14(11-13)15-5-6-16-17(23-15)18(25)22-12-21-16/h2-6,11-12,17,27H,9-10H2,1H3. The van der Waals surface area contributed by atoms with E-state index in [-0.39, 0.29) is 18.2 Å². The monoisotopic (exact) mass is 360 g/mol. The lowest BCUT2D eigenvalue weighted by atomic mass is 9.99. The molecule has 0 bridgehead atoms. The summed E-state index contributed by atoms with van der Waals surface area (Å²) in [5, 5.41) is 10.4. The third kappa shape index (κ3) is 3.11. The molecule has 2 unspecified atom stereocenters. The number of carbonyl (C=O) groups excluding carboxylic acids is 2. The van der Waals surface area contributed by atoms with Crippen molar-refractivity contribution in [2.45, 2.75) is 18.1 Å². The van der Waals surface area contributed by atoms with Crippen LogP contribution in [-0.2, 0) is 9.59 Å². The van der Waals surface area contributed by atoms with E-state index in [1.807, 2.05) is 12.1 Å². The van der Waals surface area contributed by atoms with E-state index in [1.54, 1.807) is 31.3 Å². The summed E-state index contributed by atoms with van der Waals surface area (Å²) in [6.07, 6.45) is 5.07. The molecule has 7 nitrogen and oxygen atoms in total. The molecule has 1 N–H and O–H groups in total. The molecule has 0 radical (unpaired) electrons. The van der Waals surface area contributed by atoms with Gasteiger partial charge in [-0.3, -0.25) is 14.6 Å². The van der Waals surface area contributed by atoms with Crippen LogP contribution < -0.4 is 0 Å². The number of carbonyl (C=O) groups is 2. The van der Waals surface area contributed by atoms with Crippen molar-refractivity contribution >= 4 is 29.6 Å². The molecule has 7 heteroatoms. The lowest BCUT2D eigenvalue weighted by Crippen LogP contribution is -2.37. The van der Waals surface area contributed by atoms with Gasteiger partial charge in [0.25, 0.3) is 11.8 Å². The first-order valence-corrected chi connectivity index (χ1v) is 8.48.